The van der Waals surface area contributed by atoms with Crippen molar-refractivity contribution >= 4 is 16.8 Å². The number of para-hydroxylation sites is 3. The third kappa shape index (κ3) is 4.23. The van der Waals surface area contributed by atoms with Gasteiger partial charge in [0.25, 0.3) is 5.56 Å². The number of nitrogens with zero attached hydrogens (tertiary/aromatic N) is 2. The highest BCUT2D eigenvalue weighted by Crippen LogP contribution is 2.30. The second-order valence-electron chi connectivity index (χ2n) is 7.12. The van der Waals surface area contributed by atoms with E-state index in [2.05, 4.69) is 10.3 Å². The van der Waals surface area contributed by atoms with E-state index < -0.39 is 0 Å². The molecule has 0 unspecified atom stereocenters. The molecule has 7 nitrogen and oxygen atoms in total. The van der Waals surface area contributed by atoms with Gasteiger partial charge in [-0.2, -0.15) is 0 Å². The fraction of sp³-hybridized carbons (Fsp3) is 0.318. The van der Waals surface area contributed by atoms with Crippen LogP contribution in [0, 0.1) is 6.92 Å². The van der Waals surface area contributed by atoms with E-state index in [1.807, 2.05) is 43.3 Å². The highest BCUT2D eigenvalue weighted by atomic mass is 16.6. The maximum Gasteiger partial charge on any atom is 0.261 e. The first-order valence-electron chi connectivity index (χ1n) is 9.72. The first-order valence-corrected chi connectivity index (χ1v) is 9.72. The van der Waals surface area contributed by atoms with Gasteiger partial charge in [-0.1, -0.05) is 24.3 Å². The zero-order chi connectivity index (χ0) is 20.2. The van der Waals surface area contributed by atoms with Crippen LogP contribution in [0.2, 0.25) is 0 Å². The lowest BCUT2D eigenvalue weighted by Gasteiger charge is -2.26. The van der Waals surface area contributed by atoms with E-state index in [1.165, 1.54) is 0 Å². The number of hydrogen-bond donors (Lipinski definition) is 1. The van der Waals surface area contributed by atoms with Crippen LogP contribution in [0.5, 0.6) is 11.5 Å². The van der Waals surface area contributed by atoms with Crippen molar-refractivity contribution in [1.29, 1.82) is 0 Å². The monoisotopic (exact) mass is 393 g/mol. The van der Waals surface area contributed by atoms with Crippen molar-refractivity contribution in [2.75, 3.05) is 13.2 Å². The molecule has 0 bridgehead atoms. The van der Waals surface area contributed by atoms with Crippen LogP contribution < -0.4 is 20.3 Å². The van der Waals surface area contributed by atoms with Crippen molar-refractivity contribution in [2.24, 2.45) is 0 Å². The van der Waals surface area contributed by atoms with Crippen molar-refractivity contribution in [3.63, 3.8) is 0 Å². The zero-order valence-electron chi connectivity index (χ0n) is 16.3. The normalized spacial score (nSPS) is 15.3. The lowest BCUT2D eigenvalue weighted by atomic mass is 10.1. The second kappa shape index (κ2) is 8.34. The zero-order valence-corrected chi connectivity index (χ0v) is 16.3. The largest absolute Gasteiger partial charge is 0.486 e. The average molecular weight is 393 g/mol. The Bertz CT molecular complexity index is 1090. The predicted molar refractivity (Wildman–Crippen MR) is 109 cm³/mol. The van der Waals surface area contributed by atoms with Crippen molar-refractivity contribution in [3.05, 3.63) is 64.7 Å². The molecule has 1 aliphatic heterocycles. The van der Waals surface area contributed by atoms with Crippen LogP contribution in [0.1, 0.15) is 18.4 Å². The van der Waals surface area contributed by atoms with Crippen molar-refractivity contribution in [2.45, 2.75) is 32.4 Å². The third-order valence-corrected chi connectivity index (χ3v) is 4.95. The predicted octanol–water partition coefficient (Wildman–Crippen LogP) is 2.44. The Kier molecular flexibility index (Phi) is 5.46. The molecule has 1 N–H and O–H groups in total. The first kappa shape index (κ1) is 19.0. The van der Waals surface area contributed by atoms with E-state index in [4.69, 9.17) is 9.47 Å². The molecule has 1 aromatic heterocycles. The summed E-state index contributed by atoms with van der Waals surface area (Å²) in [4.78, 5) is 29.1. The number of carbonyl (C=O) groups excluding carboxylic acids is 1. The number of fused-ring (bicyclic) bond motifs is 2. The second-order valence-corrected chi connectivity index (χ2v) is 7.12. The van der Waals surface area contributed by atoms with E-state index in [1.54, 1.807) is 17.0 Å². The number of aryl methyl sites for hydroxylation is 2. The Morgan fingerprint density at radius 1 is 1.21 bits per heavy atom. The fourth-order valence-electron chi connectivity index (χ4n) is 3.39. The van der Waals surface area contributed by atoms with Gasteiger partial charge in [0.15, 0.2) is 11.5 Å². The number of rotatable bonds is 6. The molecule has 2 aromatic carbocycles. The molecule has 0 saturated heterocycles. The van der Waals surface area contributed by atoms with Gasteiger partial charge in [-0.3, -0.25) is 14.2 Å². The minimum Gasteiger partial charge on any atom is -0.486 e. The number of nitrogens with one attached hydrogen (secondary N) is 1. The molecular formula is C22H23N3O4. The van der Waals surface area contributed by atoms with Gasteiger partial charge in [0.2, 0.25) is 5.91 Å². The van der Waals surface area contributed by atoms with Gasteiger partial charge >= 0.3 is 0 Å². The van der Waals surface area contributed by atoms with Gasteiger partial charge in [-0.05, 0) is 37.1 Å². The molecule has 1 amide bonds. The Balaban J connectivity index is 1.26. The summed E-state index contributed by atoms with van der Waals surface area (Å²) in [5.41, 5.74) is 1.62. The summed E-state index contributed by atoms with van der Waals surface area (Å²) in [6.07, 6.45) is 2.21. The van der Waals surface area contributed by atoms with Crippen LogP contribution in [0.15, 0.2) is 53.6 Å². The molecule has 0 radical (unpaired) electrons. The van der Waals surface area contributed by atoms with Gasteiger partial charge < -0.3 is 14.8 Å². The molecule has 1 atom stereocenters. The molecular weight excluding hydrogens is 370 g/mol. The smallest absolute Gasteiger partial charge is 0.261 e. The average Bonchev–Trinajstić information content (AvgIpc) is 2.74. The molecule has 150 valence electrons. The topological polar surface area (TPSA) is 82.5 Å². The number of hydrogen-bond acceptors (Lipinski definition) is 5. The van der Waals surface area contributed by atoms with Gasteiger partial charge in [0.05, 0.1) is 23.8 Å². The number of ether oxygens (including phenoxy) is 2. The number of benzene rings is 2. The Morgan fingerprint density at radius 2 is 2.03 bits per heavy atom. The van der Waals surface area contributed by atoms with Crippen LogP contribution in [0.25, 0.3) is 10.9 Å². The fourth-order valence-corrected chi connectivity index (χ4v) is 3.39. The summed E-state index contributed by atoms with van der Waals surface area (Å²) < 4.78 is 13.0. The Morgan fingerprint density at radius 3 is 2.90 bits per heavy atom. The highest BCUT2D eigenvalue weighted by Gasteiger charge is 2.20. The van der Waals surface area contributed by atoms with Crippen LogP contribution in [0.3, 0.4) is 0 Å². The molecule has 4 rings (SSSR count). The molecule has 1 aliphatic rings. The molecule has 0 saturated carbocycles. The molecule has 3 aromatic rings. The van der Waals surface area contributed by atoms with Crippen LogP contribution in [0.4, 0.5) is 0 Å². The maximum atomic E-state index is 12.6. The Labute approximate surface area is 168 Å². The lowest BCUT2D eigenvalue weighted by molar-refractivity contribution is -0.121. The molecule has 0 aliphatic carbocycles. The lowest BCUT2D eigenvalue weighted by Crippen LogP contribution is -2.40. The standard InChI is InChI=1S/C22H23N3O4/c1-15-6-4-7-17-21(15)24-14-25(22(17)27)11-5-10-20(26)23-12-16-13-28-18-8-2-3-9-19(18)29-16/h2-4,6-9,14,16H,5,10-13H2,1H3,(H,23,26)/t16-/m0/s1. The van der Waals surface area contributed by atoms with E-state index in [0.717, 1.165) is 16.8 Å². The third-order valence-electron chi connectivity index (χ3n) is 4.95. The molecule has 0 spiro atoms. The van der Waals surface area contributed by atoms with Gasteiger partial charge in [-0.25, -0.2) is 4.98 Å². The summed E-state index contributed by atoms with van der Waals surface area (Å²) in [5.74, 6) is 1.33. The molecule has 2 heterocycles. The van der Waals surface area contributed by atoms with Crippen LogP contribution >= 0.6 is 0 Å². The molecule has 0 fully saturated rings. The van der Waals surface area contributed by atoms with E-state index in [-0.39, 0.29) is 17.6 Å². The van der Waals surface area contributed by atoms with Crippen molar-refractivity contribution in [1.82, 2.24) is 14.9 Å². The minimum absolute atomic E-state index is 0.0782. The van der Waals surface area contributed by atoms with Gasteiger partial charge in [-0.15, -0.1) is 0 Å². The minimum atomic E-state index is -0.218. The van der Waals surface area contributed by atoms with Crippen molar-refractivity contribution in [3.8, 4) is 11.5 Å². The highest BCUT2D eigenvalue weighted by molar-refractivity contribution is 5.80. The Hall–Kier alpha value is -3.35. The van der Waals surface area contributed by atoms with E-state index in [0.29, 0.717) is 43.7 Å². The summed E-state index contributed by atoms with van der Waals surface area (Å²) in [5, 5.41) is 3.48. The van der Waals surface area contributed by atoms with Gasteiger partial charge in [0, 0.05) is 13.0 Å². The quantitative estimate of drug-likeness (QED) is 0.696. The summed E-state index contributed by atoms with van der Waals surface area (Å²) in [6.45, 7) is 3.15. The van der Waals surface area contributed by atoms with E-state index >= 15 is 0 Å². The van der Waals surface area contributed by atoms with Crippen molar-refractivity contribution < 1.29 is 14.3 Å². The number of aromatic nitrogens is 2. The maximum absolute atomic E-state index is 12.6. The van der Waals surface area contributed by atoms with E-state index in [9.17, 15) is 9.59 Å². The number of amides is 1. The van der Waals surface area contributed by atoms with Crippen LogP contribution in [-0.2, 0) is 11.3 Å². The van der Waals surface area contributed by atoms with Crippen LogP contribution in [-0.4, -0.2) is 34.7 Å². The summed E-state index contributed by atoms with van der Waals surface area (Å²) in [7, 11) is 0. The summed E-state index contributed by atoms with van der Waals surface area (Å²) in [6, 6.07) is 13.0. The number of carbonyl (C=O) groups is 1. The molecule has 7 heteroatoms. The first-order chi connectivity index (χ1) is 14.1. The SMILES string of the molecule is Cc1cccc2c(=O)n(CCCC(=O)NC[C@H]3COc4ccccc4O3)cnc12. The summed E-state index contributed by atoms with van der Waals surface area (Å²) >= 11 is 0. The molecule has 29 heavy (non-hydrogen) atoms. The van der Waals surface area contributed by atoms with Gasteiger partial charge in [0.1, 0.15) is 12.7 Å².